The molecule has 12 heavy (non-hydrogen) atoms. The zero-order valence-corrected chi connectivity index (χ0v) is 6.21. The van der Waals surface area contributed by atoms with Gasteiger partial charge in [0.25, 0.3) is 0 Å². The van der Waals surface area contributed by atoms with Crippen molar-refractivity contribution in [3.8, 4) is 0 Å². The Morgan fingerprint density at radius 1 is 1.50 bits per heavy atom. The lowest BCUT2D eigenvalue weighted by atomic mass is 10.4. The fourth-order valence-corrected chi connectivity index (χ4v) is 0.656. The monoisotopic (exact) mass is 165 g/mol. The van der Waals surface area contributed by atoms with E-state index in [1.54, 1.807) is 24.3 Å². The fourth-order valence-electron chi connectivity index (χ4n) is 0.656. The summed E-state index contributed by atoms with van der Waals surface area (Å²) in [4.78, 5) is 9.30. The zero-order valence-electron chi connectivity index (χ0n) is 6.21. The van der Waals surface area contributed by atoms with Gasteiger partial charge in [-0.2, -0.15) is 0 Å². The van der Waals surface area contributed by atoms with Gasteiger partial charge >= 0.3 is 0 Å². The van der Waals surface area contributed by atoms with Gasteiger partial charge in [-0.1, -0.05) is 6.08 Å². The van der Waals surface area contributed by atoms with Crippen molar-refractivity contribution in [2.45, 2.75) is 0 Å². The van der Waals surface area contributed by atoms with Crippen molar-refractivity contribution in [3.63, 3.8) is 0 Å². The molecular weight excluding hydrogens is 158 g/mol. The first-order valence-corrected chi connectivity index (χ1v) is 3.31. The Kier molecular flexibility index (Phi) is 2.84. The van der Waals surface area contributed by atoms with Crippen LogP contribution < -0.4 is 0 Å². The minimum atomic E-state index is -0.521. The predicted molar refractivity (Wildman–Crippen MR) is 43.9 cm³/mol. The van der Waals surface area contributed by atoms with Crippen molar-refractivity contribution in [3.05, 3.63) is 52.6 Å². The van der Waals surface area contributed by atoms with Crippen LogP contribution in [-0.2, 0) is 0 Å². The van der Waals surface area contributed by atoms with Crippen LogP contribution >= 0.6 is 0 Å². The van der Waals surface area contributed by atoms with E-state index in [0.29, 0.717) is 5.76 Å². The van der Waals surface area contributed by atoms with Crippen molar-refractivity contribution in [1.29, 1.82) is 0 Å². The highest BCUT2D eigenvalue weighted by Crippen LogP contribution is 2.01. The van der Waals surface area contributed by atoms with Crippen LogP contribution in [0, 0.1) is 10.1 Å². The summed E-state index contributed by atoms with van der Waals surface area (Å²) in [6, 6.07) is 3.51. The predicted octanol–water partition coefficient (Wildman–Crippen LogP) is 2.08. The second-order valence-corrected chi connectivity index (χ2v) is 2.00. The molecule has 0 aliphatic rings. The van der Waals surface area contributed by atoms with E-state index in [9.17, 15) is 10.1 Å². The molecule has 0 aliphatic carbocycles. The normalized spacial score (nSPS) is 11.3. The van der Waals surface area contributed by atoms with Crippen LogP contribution in [0.1, 0.15) is 5.76 Å². The topological polar surface area (TPSA) is 56.3 Å². The van der Waals surface area contributed by atoms with Gasteiger partial charge in [-0.25, -0.2) is 0 Å². The highest BCUT2D eigenvalue weighted by molar-refractivity contribution is 5.44. The van der Waals surface area contributed by atoms with Crippen molar-refractivity contribution < 1.29 is 9.34 Å². The van der Waals surface area contributed by atoms with Gasteiger partial charge in [-0.05, 0) is 18.2 Å². The van der Waals surface area contributed by atoms with E-state index in [2.05, 4.69) is 0 Å². The van der Waals surface area contributed by atoms with Gasteiger partial charge in [0, 0.05) is 6.08 Å². The van der Waals surface area contributed by atoms with E-state index in [-0.39, 0.29) is 0 Å². The maximum Gasteiger partial charge on any atom is 0.234 e. The van der Waals surface area contributed by atoms with Gasteiger partial charge in [0.2, 0.25) is 6.20 Å². The van der Waals surface area contributed by atoms with Crippen LogP contribution in [0.3, 0.4) is 0 Å². The summed E-state index contributed by atoms with van der Waals surface area (Å²) in [6.07, 6.45) is 6.92. The minimum absolute atomic E-state index is 0.521. The Morgan fingerprint density at radius 2 is 2.33 bits per heavy atom. The summed E-state index contributed by atoms with van der Waals surface area (Å²) < 4.78 is 4.95. The Balaban J connectivity index is 2.47. The molecule has 0 spiro atoms. The molecule has 0 saturated heterocycles. The maximum absolute atomic E-state index is 9.82. The second kappa shape index (κ2) is 4.12. The van der Waals surface area contributed by atoms with E-state index in [0.717, 1.165) is 6.20 Å². The number of nitro groups is 1. The molecule has 0 saturated carbocycles. The molecular formula is C8H7NO3. The number of nitrogens with zero attached hydrogens (tertiary/aromatic N) is 1. The van der Waals surface area contributed by atoms with Crippen LogP contribution in [0.2, 0.25) is 0 Å². The zero-order chi connectivity index (χ0) is 8.81. The lowest BCUT2D eigenvalue weighted by Crippen LogP contribution is -1.80. The highest BCUT2D eigenvalue weighted by Gasteiger charge is 1.85. The third kappa shape index (κ3) is 2.83. The fraction of sp³-hybridized carbons (Fsp3) is 0. The van der Waals surface area contributed by atoms with Crippen LogP contribution in [0.15, 0.2) is 41.2 Å². The molecule has 0 aliphatic heterocycles. The number of furan rings is 1. The molecule has 0 N–H and O–H groups in total. The summed E-state index contributed by atoms with van der Waals surface area (Å²) in [7, 11) is 0. The van der Waals surface area contributed by atoms with Crippen molar-refractivity contribution in [2.24, 2.45) is 0 Å². The molecule has 0 atom stereocenters. The summed E-state index contributed by atoms with van der Waals surface area (Å²) >= 11 is 0. The first kappa shape index (κ1) is 8.26. The molecule has 0 radical (unpaired) electrons. The molecule has 1 heterocycles. The Morgan fingerprint density at radius 3 is 2.92 bits per heavy atom. The highest BCUT2D eigenvalue weighted by atomic mass is 16.6. The number of rotatable bonds is 3. The third-order valence-corrected chi connectivity index (χ3v) is 1.12. The molecule has 1 rings (SSSR count). The van der Waals surface area contributed by atoms with Gasteiger partial charge in [0.1, 0.15) is 5.76 Å². The molecule has 4 nitrogen and oxygen atoms in total. The maximum atomic E-state index is 9.82. The second-order valence-electron chi connectivity index (χ2n) is 2.00. The van der Waals surface area contributed by atoms with E-state index >= 15 is 0 Å². The van der Waals surface area contributed by atoms with Crippen LogP contribution in [0.5, 0.6) is 0 Å². The van der Waals surface area contributed by atoms with Gasteiger partial charge in [-0.15, -0.1) is 0 Å². The van der Waals surface area contributed by atoms with Crippen LogP contribution in [0.25, 0.3) is 6.08 Å². The van der Waals surface area contributed by atoms with E-state index in [4.69, 9.17) is 4.42 Å². The SMILES string of the molecule is O=[N+]([O-])/C=C\C=C\c1ccco1. The Hall–Kier alpha value is -1.84. The van der Waals surface area contributed by atoms with Crippen molar-refractivity contribution >= 4 is 6.08 Å². The summed E-state index contributed by atoms with van der Waals surface area (Å²) in [5.74, 6) is 0.669. The van der Waals surface area contributed by atoms with Gasteiger partial charge < -0.3 is 4.42 Å². The summed E-state index contributed by atoms with van der Waals surface area (Å²) in [5.41, 5.74) is 0. The number of hydrogen-bond donors (Lipinski definition) is 0. The van der Waals surface area contributed by atoms with Gasteiger partial charge in [0.15, 0.2) is 0 Å². The Labute approximate surface area is 69.0 Å². The van der Waals surface area contributed by atoms with Crippen LogP contribution in [0.4, 0.5) is 0 Å². The quantitative estimate of drug-likeness (QED) is 0.391. The lowest BCUT2D eigenvalue weighted by molar-refractivity contribution is -0.402. The lowest BCUT2D eigenvalue weighted by Gasteiger charge is -1.78. The van der Waals surface area contributed by atoms with Crippen LogP contribution in [-0.4, -0.2) is 4.92 Å². The molecule has 0 amide bonds. The first-order valence-electron chi connectivity index (χ1n) is 3.31. The molecule has 0 fully saturated rings. The smallest absolute Gasteiger partial charge is 0.234 e. The van der Waals surface area contributed by atoms with E-state index in [1.165, 1.54) is 12.3 Å². The Bertz CT molecular complexity index is 298. The molecule has 1 aromatic heterocycles. The van der Waals surface area contributed by atoms with Gasteiger partial charge in [-0.3, -0.25) is 10.1 Å². The van der Waals surface area contributed by atoms with E-state index in [1.807, 2.05) is 0 Å². The first-order chi connectivity index (χ1) is 5.79. The minimum Gasteiger partial charge on any atom is -0.465 e. The average Bonchev–Trinajstić information content (AvgIpc) is 2.49. The molecule has 4 heteroatoms. The van der Waals surface area contributed by atoms with Crippen molar-refractivity contribution in [2.75, 3.05) is 0 Å². The molecule has 0 unspecified atom stereocenters. The van der Waals surface area contributed by atoms with Gasteiger partial charge in [0.05, 0.1) is 11.2 Å². The molecule has 1 aromatic rings. The standard InChI is InChI=1S/C8H7NO3/c10-9(11)6-2-1-4-8-5-3-7-12-8/h1-7H/b4-1+,6-2-. The summed E-state index contributed by atoms with van der Waals surface area (Å²) in [6.45, 7) is 0. The van der Waals surface area contributed by atoms with Crippen molar-refractivity contribution in [1.82, 2.24) is 0 Å². The molecule has 62 valence electrons. The van der Waals surface area contributed by atoms with E-state index < -0.39 is 4.92 Å². The number of allylic oxidation sites excluding steroid dienone is 2. The third-order valence-electron chi connectivity index (χ3n) is 1.12. The number of hydrogen-bond acceptors (Lipinski definition) is 3. The summed E-state index contributed by atoms with van der Waals surface area (Å²) in [5, 5.41) is 9.82. The largest absolute Gasteiger partial charge is 0.465 e. The average molecular weight is 165 g/mol. The molecule has 0 bridgehead atoms. The molecule has 0 aromatic carbocycles.